The summed E-state index contributed by atoms with van der Waals surface area (Å²) in [5, 5.41) is 3.19. The third-order valence-corrected chi connectivity index (χ3v) is 6.28. The fourth-order valence-corrected chi connectivity index (χ4v) is 5.20. The molecule has 0 aromatic heterocycles. The molecular formula is C14H17F3N2O3S. The number of hydrogen-bond acceptors (Lipinski definition) is 4. The standard InChI is InChI=1S/C14H17F3N2O3S/c15-12-7-11(3-4-13(12)22-14(16)17)23(20,21)19-9-1-2-10(19)8-18-6-5-9/h3-4,7,9-10,14,18H,1-2,5-6,8H2. The highest BCUT2D eigenvalue weighted by Gasteiger charge is 2.43. The third kappa shape index (κ3) is 3.17. The van der Waals surface area contributed by atoms with Crippen LogP contribution in [0.1, 0.15) is 19.3 Å². The number of alkyl halides is 2. The first-order valence-electron chi connectivity index (χ1n) is 7.38. The van der Waals surface area contributed by atoms with Crippen LogP contribution in [-0.4, -0.2) is 44.5 Å². The van der Waals surface area contributed by atoms with Crippen LogP contribution in [0, 0.1) is 5.82 Å². The van der Waals surface area contributed by atoms with E-state index in [1.165, 1.54) is 4.31 Å². The van der Waals surface area contributed by atoms with Crippen LogP contribution in [0.15, 0.2) is 23.1 Å². The van der Waals surface area contributed by atoms with Crippen LogP contribution < -0.4 is 10.1 Å². The summed E-state index contributed by atoms with van der Waals surface area (Å²) in [5.41, 5.74) is 0. The molecule has 3 rings (SSSR count). The summed E-state index contributed by atoms with van der Waals surface area (Å²) in [6.07, 6.45) is 2.23. The van der Waals surface area contributed by atoms with Crippen molar-refractivity contribution in [1.29, 1.82) is 0 Å². The van der Waals surface area contributed by atoms with E-state index >= 15 is 0 Å². The minimum absolute atomic E-state index is 0.111. The lowest BCUT2D eigenvalue weighted by Crippen LogP contribution is -2.42. The van der Waals surface area contributed by atoms with Gasteiger partial charge in [-0.2, -0.15) is 13.1 Å². The molecule has 9 heteroatoms. The van der Waals surface area contributed by atoms with Crippen molar-refractivity contribution in [2.45, 2.75) is 42.9 Å². The Morgan fingerprint density at radius 1 is 1.22 bits per heavy atom. The number of nitrogens with zero attached hydrogens (tertiary/aromatic N) is 1. The van der Waals surface area contributed by atoms with Gasteiger partial charge in [-0.1, -0.05) is 0 Å². The van der Waals surface area contributed by atoms with E-state index in [4.69, 9.17) is 0 Å². The Morgan fingerprint density at radius 3 is 2.65 bits per heavy atom. The fourth-order valence-electron chi connectivity index (χ4n) is 3.29. The van der Waals surface area contributed by atoms with E-state index in [1.807, 2.05) is 0 Å². The molecular weight excluding hydrogens is 333 g/mol. The second kappa shape index (κ2) is 6.29. The van der Waals surface area contributed by atoms with Crippen LogP contribution in [-0.2, 0) is 10.0 Å². The highest BCUT2D eigenvalue weighted by Crippen LogP contribution is 2.34. The average molecular weight is 350 g/mol. The quantitative estimate of drug-likeness (QED) is 0.902. The van der Waals surface area contributed by atoms with Gasteiger partial charge in [0.05, 0.1) is 4.90 Å². The summed E-state index contributed by atoms with van der Waals surface area (Å²) in [5.74, 6) is -1.79. The maximum atomic E-state index is 13.8. The smallest absolute Gasteiger partial charge is 0.387 e. The number of ether oxygens (including phenoxy) is 1. The molecule has 2 aliphatic rings. The zero-order valence-electron chi connectivity index (χ0n) is 12.2. The van der Waals surface area contributed by atoms with Crippen LogP contribution >= 0.6 is 0 Å². The van der Waals surface area contributed by atoms with Crippen molar-refractivity contribution in [3.8, 4) is 5.75 Å². The Kier molecular flexibility index (Phi) is 4.52. The lowest BCUT2D eigenvalue weighted by molar-refractivity contribution is -0.0522. The van der Waals surface area contributed by atoms with E-state index in [0.29, 0.717) is 13.0 Å². The number of fused-ring (bicyclic) bond motifs is 2. The molecule has 2 fully saturated rings. The summed E-state index contributed by atoms with van der Waals surface area (Å²) < 4.78 is 69.3. The maximum absolute atomic E-state index is 13.8. The summed E-state index contributed by atoms with van der Waals surface area (Å²) in [6, 6.07) is 2.50. The van der Waals surface area contributed by atoms with Gasteiger partial charge in [0.25, 0.3) is 0 Å². The van der Waals surface area contributed by atoms with E-state index in [2.05, 4.69) is 10.1 Å². The monoisotopic (exact) mass is 350 g/mol. The predicted octanol–water partition coefficient (Wildman–Crippen LogP) is 1.94. The molecule has 0 radical (unpaired) electrons. The van der Waals surface area contributed by atoms with E-state index in [-0.39, 0.29) is 17.0 Å². The summed E-state index contributed by atoms with van der Waals surface area (Å²) >= 11 is 0. The molecule has 0 amide bonds. The van der Waals surface area contributed by atoms with Gasteiger partial charge in [-0.15, -0.1) is 0 Å². The van der Waals surface area contributed by atoms with Crippen molar-refractivity contribution < 1.29 is 26.3 Å². The minimum Gasteiger partial charge on any atom is -0.432 e. The van der Waals surface area contributed by atoms with Crippen molar-refractivity contribution in [2.75, 3.05) is 13.1 Å². The van der Waals surface area contributed by atoms with Crippen molar-refractivity contribution in [2.24, 2.45) is 0 Å². The Labute approximate surface area is 132 Å². The van der Waals surface area contributed by atoms with E-state index in [0.717, 1.165) is 37.6 Å². The van der Waals surface area contributed by atoms with Crippen LogP contribution in [0.4, 0.5) is 13.2 Å². The van der Waals surface area contributed by atoms with Gasteiger partial charge in [0.2, 0.25) is 10.0 Å². The molecule has 2 heterocycles. The largest absolute Gasteiger partial charge is 0.432 e. The van der Waals surface area contributed by atoms with Gasteiger partial charge in [-0.05, 0) is 44.0 Å². The van der Waals surface area contributed by atoms with Crippen LogP contribution in [0.25, 0.3) is 0 Å². The molecule has 2 atom stereocenters. The van der Waals surface area contributed by atoms with E-state index in [1.54, 1.807) is 0 Å². The molecule has 1 N–H and O–H groups in total. The number of nitrogens with one attached hydrogen (secondary N) is 1. The van der Waals surface area contributed by atoms with Gasteiger partial charge in [0, 0.05) is 18.6 Å². The maximum Gasteiger partial charge on any atom is 0.387 e. The van der Waals surface area contributed by atoms with Gasteiger partial charge >= 0.3 is 6.61 Å². The molecule has 2 saturated heterocycles. The number of halogens is 3. The van der Waals surface area contributed by atoms with Gasteiger partial charge in [0.15, 0.2) is 11.6 Å². The Bertz CT molecular complexity index is 670. The number of hydrogen-bond donors (Lipinski definition) is 1. The molecule has 1 aromatic rings. The lowest BCUT2D eigenvalue weighted by Gasteiger charge is -2.27. The SMILES string of the molecule is O=S(=O)(c1ccc(OC(F)F)c(F)c1)N1C2CCNCC1CC2. The van der Waals surface area contributed by atoms with Crippen molar-refractivity contribution in [3.63, 3.8) is 0 Å². The van der Waals surface area contributed by atoms with Gasteiger partial charge in [-0.25, -0.2) is 12.8 Å². The normalized spacial score (nSPS) is 25.6. The van der Waals surface area contributed by atoms with E-state index < -0.39 is 28.2 Å². The van der Waals surface area contributed by atoms with Crippen LogP contribution in [0.5, 0.6) is 5.75 Å². The molecule has 128 valence electrons. The zero-order valence-corrected chi connectivity index (χ0v) is 13.0. The number of benzene rings is 1. The minimum atomic E-state index is -3.88. The first-order chi connectivity index (χ1) is 10.9. The summed E-state index contributed by atoms with van der Waals surface area (Å²) in [7, 11) is -3.88. The van der Waals surface area contributed by atoms with Crippen molar-refractivity contribution >= 4 is 10.0 Å². The van der Waals surface area contributed by atoms with E-state index in [9.17, 15) is 21.6 Å². The van der Waals surface area contributed by atoms with Crippen molar-refractivity contribution in [1.82, 2.24) is 9.62 Å². The first-order valence-corrected chi connectivity index (χ1v) is 8.82. The fraction of sp³-hybridized carbons (Fsp3) is 0.571. The Hall–Kier alpha value is -1.32. The molecule has 23 heavy (non-hydrogen) atoms. The highest BCUT2D eigenvalue weighted by molar-refractivity contribution is 7.89. The number of rotatable bonds is 4. The lowest BCUT2D eigenvalue weighted by atomic mass is 10.1. The average Bonchev–Trinajstić information content (AvgIpc) is 2.74. The van der Waals surface area contributed by atoms with Gasteiger partial charge in [-0.3, -0.25) is 0 Å². The molecule has 2 unspecified atom stereocenters. The first kappa shape index (κ1) is 16.5. The topological polar surface area (TPSA) is 58.6 Å². The second-order valence-corrected chi connectivity index (χ2v) is 7.53. The number of sulfonamides is 1. The van der Waals surface area contributed by atoms with Gasteiger partial charge in [0.1, 0.15) is 0 Å². The van der Waals surface area contributed by atoms with Crippen LogP contribution in [0.2, 0.25) is 0 Å². The van der Waals surface area contributed by atoms with Crippen LogP contribution in [0.3, 0.4) is 0 Å². The molecule has 1 aromatic carbocycles. The highest BCUT2D eigenvalue weighted by atomic mass is 32.2. The zero-order chi connectivity index (χ0) is 16.6. The summed E-state index contributed by atoms with van der Waals surface area (Å²) in [4.78, 5) is -0.240. The molecule has 0 aliphatic carbocycles. The molecule has 0 saturated carbocycles. The Morgan fingerprint density at radius 2 is 1.96 bits per heavy atom. The molecule has 2 bridgehead atoms. The molecule has 5 nitrogen and oxygen atoms in total. The Balaban J connectivity index is 1.92. The van der Waals surface area contributed by atoms with Crippen molar-refractivity contribution in [3.05, 3.63) is 24.0 Å². The molecule has 2 aliphatic heterocycles. The third-order valence-electron chi connectivity index (χ3n) is 4.28. The van der Waals surface area contributed by atoms with Gasteiger partial charge < -0.3 is 10.1 Å². The molecule has 0 spiro atoms. The predicted molar refractivity (Wildman–Crippen MR) is 76.4 cm³/mol. The summed E-state index contributed by atoms with van der Waals surface area (Å²) in [6.45, 7) is -1.87. The second-order valence-electron chi connectivity index (χ2n) is 5.68.